The van der Waals surface area contributed by atoms with E-state index in [2.05, 4.69) is 4.99 Å². The number of hydrogen-bond donors (Lipinski definition) is 0. The first-order chi connectivity index (χ1) is 3.79. The highest BCUT2D eigenvalue weighted by Crippen LogP contribution is 1.82. The van der Waals surface area contributed by atoms with Crippen molar-refractivity contribution in [2.75, 3.05) is 13.3 Å². The summed E-state index contributed by atoms with van der Waals surface area (Å²) in [4.78, 5) is 23.9. The number of nitroso groups, excluding NO2 is 2. The van der Waals surface area contributed by atoms with Gasteiger partial charge in [-0.1, -0.05) is 4.91 Å². The summed E-state index contributed by atoms with van der Waals surface area (Å²) in [5.41, 5.74) is 0. The van der Waals surface area contributed by atoms with Crippen LogP contribution in [0.4, 0.5) is 0 Å². The molecule has 1 heterocycles. The molecule has 0 N–H and O–H groups in total. The topological polar surface area (TPSA) is 52.5 Å². The maximum atomic E-state index is 10.2. The monoisotopic (exact) mass is 115 g/mol. The van der Waals surface area contributed by atoms with Gasteiger partial charge in [0.15, 0.2) is 0 Å². The van der Waals surface area contributed by atoms with Crippen LogP contribution in [0, 0.1) is 9.81 Å². The SMILES string of the molecule is O=[N+]1C=NC[N+](=O)C1. The lowest BCUT2D eigenvalue weighted by atomic mass is 10.8. The minimum Gasteiger partial charge on any atom is -0.0594 e. The van der Waals surface area contributed by atoms with Crippen LogP contribution in [0.2, 0.25) is 0 Å². The molecule has 5 nitrogen and oxygen atoms in total. The average molecular weight is 115 g/mol. The Morgan fingerprint density at radius 2 is 2.25 bits per heavy atom. The molecule has 0 atom stereocenters. The second kappa shape index (κ2) is 1.77. The molecule has 0 saturated heterocycles. The minimum absolute atomic E-state index is 0.0821. The van der Waals surface area contributed by atoms with Crippen LogP contribution < -0.4 is 0 Å². The van der Waals surface area contributed by atoms with Crippen molar-refractivity contribution in [2.24, 2.45) is 4.99 Å². The summed E-state index contributed by atoms with van der Waals surface area (Å²) >= 11 is 0. The third-order valence-corrected chi connectivity index (χ3v) is 0.747. The summed E-state index contributed by atoms with van der Waals surface area (Å²) in [6.45, 7) is -0.0394. The first-order valence-corrected chi connectivity index (χ1v) is 2.15. The van der Waals surface area contributed by atoms with Gasteiger partial charge < -0.3 is 0 Å². The van der Waals surface area contributed by atoms with Gasteiger partial charge in [0, 0.05) is 9.67 Å². The number of nitrogens with zero attached hydrogens (tertiary/aromatic N) is 3. The van der Waals surface area contributed by atoms with Gasteiger partial charge in [0.05, 0.1) is 4.76 Å². The molecule has 0 aromatic carbocycles. The molecule has 0 aromatic heterocycles. The third-order valence-electron chi connectivity index (χ3n) is 0.747. The zero-order chi connectivity index (χ0) is 5.98. The van der Waals surface area contributed by atoms with Gasteiger partial charge in [-0.3, -0.25) is 0 Å². The third kappa shape index (κ3) is 0.927. The summed E-state index contributed by atoms with van der Waals surface area (Å²) in [7, 11) is 0. The van der Waals surface area contributed by atoms with Crippen molar-refractivity contribution in [1.82, 2.24) is 0 Å². The van der Waals surface area contributed by atoms with Crippen LogP contribution in [0.15, 0.2) is 4.99 Å². The first kappa shape index (κ1) is 5.02. The van der Waals surface area contributed by atoms with E-state index in [4.69, 9.17) is 0 Å². The fraction of sp³-hybridized carbons (Fsp3) is 0.667. The summed E-state index contributed by atoms with van der Waals surface area (Å²) in [5.74, 6) is 0. The molecule has 0 spiro atoms. The van der Waals surface area contributed by atoms with Crippen LogP contribution in [0.3, 0.4) is 0 Å². The van der Waals surface area contributed by atoms with Crippen LogP contribution in [-0.2, 0) is 0 Å². The molecule has 1 aliphatic rings. The lowest BCUT2D eigenvalue weighted by Crippen LogP contribution is -2.25. The van der Waals surface area contributed by atoms with Crippen molar-refractivity contribution in [3.63, 3.8) is 0 Å². The minimum atomic E-state index is -0.122. The Hall–Kier alpha value is -1.13. The molecule has 0 aliphatic carbocycles. The van der Waals surface area contributed by atoms with E-state index in [-0.39, 0.29) is 13.3 Å². The van der Waals surface area contributed by atoms with Crippen molar-refractivity contribution in [2.45, 2.75) is 0 Å². The van der Waals surface area contributed by atoms with Crippen LogP contribution in [0.25, 0.3) is 0 Å². The van der Waals surface area contributed by atoms with Crippen molar-refractivity contribution >= 4 is 6.34 Å². The highest BCUT2D eigenvalue weighted by atomic mass is 16.3. The molecular weight excluding hydrogens is 110 g/mol. The second-order valence-electron chi connectivity index (χ2n) is 1.48. The molecule has 1 rings (SSSR count). The first-order valence-electron chi connectivity index (χ1n) is 2.15. The fourth-order valence-corrected chi connectivity index (χ4v) is 0.455. The standard InChI is InChI=1S/C3H5N3O2/c7-5-1-4-2-6(8)3-5/h1H,2-3H2/q+2. The molecule has 5 heteroatoms. The molecule has 1 aliphatic heterocycles. The van der Waals surface area contributed by atoms with Crippen molar-refractivity contribution in [3.05, 3.63) is 9.81 Å². The van der Waals surface area contributed by atoms with Crippen LogP contribution in [-0.4, -0.2) is 29.2 Å². The molecule has 0 bridgehead atoms. The fourth-order valence-electron chi connectivity index (χ4n) is 0.455. The summed E-state index contributed by atoms with van der Waals surface area (Å²) in [6.07, 6.45) is 1.11. The number of hydrogen-bond acceptors (Lipinski definition) is 3. The Bertz CT molecular complexity index is 162. The zero-order valence-electron chi connectivity index (χ0n) is 4.15. The van der Waals surface area contributed by atoms with Crippen LogP contribution in [0.5, 0.6) is 0 Å². The van der Waals surface area contributed by atoms with Gasteiger partial charge in [0.1, 0.15) is 0 Å². The van der Waals surface area contributed by atoms with Crippen LogP contribution >= 0.6 is 0 Å². The number of rotatable bonds is 0. The van der Waals surface area contributed by atoms with E-state index in [0.717, 1.165) is 6.34 Å². The lowest BCUT2D eigenvalue weighted by Gasteiger charge is -1.84. The summed E-state index contributed by atoms with van der Waals surface area (Å²) in [5, 5.41) is 0. The Morgan fingerprint density at radius 3 is 2.62 bits per heavy atom. The van der Waals surface area contributed by atoms with E-state index in [1.54, 1.807) is 0 Å². The Labute approximate surface area is 45.2 Å². The molecule has 42 valence electrons. The average Bonchev–Trinajstić information content (AvgIpc) is 1.64. The smallest absolute Gasteiger partial charge is 0.0594 e. The number of aliphatic imine (C=N–C) groups is 1. The van der Waals surface area contributed by atoms with Gasteiger partial charge in [-0.05, 0) is 4.99 Å². The van der Waals surface area contributed by atoms with E-state index in [1.807, 2.05) is 0 Å². The predicted octanol–water partition coefficient (Wildman–Crippen LogP) is -0.499. The van der Waals surface area contributed by atoms with Gasteiger partial charge in [0.25, 0.3) is 0 Å². The van der Waals surface area contributed by atoms with E-state index in [9.17, 15) is 9.81 Å². The maximum Gasteiger partial charge on any atom is 0.374 e. The van der Waals surface area contributed by atoms with E-state index in [0.29, 0.717) is 9.52 Å². The lowest BCUT2D eigenvalue weighted by molar-refractivity contribution is -0.709. The molecule has 0 radical (unpaired) electrons. The van der Waals surface area contributed by atoms with E-state index < -0.39 is 0 Å². The van der Waals surface area contributed by atoms with Gasteiger partial charge in [-0.2, -0.15) is 0 Å². The predicted molar refractivity (Wildman–Crippen MR) is 25.5 cm³/mol. The summed E-state index contributed by atoms with van der Waals surface area (Å²) in [6, 6.07) is 0. The second-order valence-corrected chi connectivity index (χ2v) is 1.48. The highest BCUT2D eigenvalue weighted by molar-refractivity contribution is 5.43. The molecule has 0 fully saturated rings. The quantitative estimate of drug-likeness (QED) is 0.399. The van der Waals surface area contributed by atoms with E-state index >= 15 is 0 Å². The van der Waals surface area contributed by atoms with Gasteiger partial charge in [0.2, 0.25) is 0 Å². The van der Waals surface area contributed by atoms with Crippen molar-refractivity contribution in [3.8, 4) is 0 Å². The Morgan fingerprint density at radius 1 is 1.50 bits per heavy atom. The maximum absolute atomic E-state index is 10.2. The van der Waals surface area contributed by atoms with Gasteiger partial charge >= 0.3 is 19.7 Å². The molecule has 0 amide bonds. The molecule has 0 saturated carbocycles. The van der Waals surface area contributed by atoms with Crippen LogP contribution in [0.1, 0.15) is 0 Å². The largest absolute Gasteiger partial charge is 0.374 e. The Kier molecular flexibility index (Phi) is 1.11. The summed E-state index contributed by atoms with van der Waals surface area (Å²) < 4.78 is 1.06. The van der Waals surface area contributed by atoms with Gasteiger partial charge in [-0.25, -0.2) is 0 Å². The zero-order valence-corrected chi connectivity index (χ0v) is 4.15. The normalized spacial score (nSPS) is 19.5. The molecule has 0 unspecified atom stereocenters. The van der Waals surface area contributed by atoms with E-state index in [1.165, 1.54) is 0 Å². The highest BCUT2D eigenvalue weighted by Gasteiger charge is 2.22. The van der Waals surface area contributed by atoms with Crippen molar-refractivity contribution in [1.29, 1.82) is 0 Å². The molecule has 8 heavy (non-hydrogen) atoms. The Balaban J connectivity index is 2.68. The van der Waals surface area contributed by atoms with Gasteiger partial charge in [-0.15, -0.1) is 0 Å². The molecular formula is C3H5N3O2+2. The van der Waals surface area contributed by atoms with Crippen molar-refractivity contribution < 1.29 is 9.52 Å². The molecule has 0 aromatic rings.